The topological polar surface area (TPSA) is 21.7 Å². The number of hydrogen-bond donors (Lipinski definition) is 0. The van der Waals surface area contributed by atoms with Gasteiger partial charge in [0, 0.05) is 19.5 Å². The highest BCUT2D eigenvalue weighted by molar-refractivity contribution is 4.75. The molecule has 94 valence electrons. The average Bonchev–Trinajstić information content (AvgIpc) is 2.76. The number of hydrogen-bond acceptors (Lipinski definition) is 3. The fourth-order valence-electron chi connectivity index (χ4n) is 2.75. The summed E-state index contributed by atoms with van der Waals surface area (Å²) in [5.74, 6) is 0.943. The maximum absolute atomic E-state index is 5.56. The van der Waals surface area contributed by atoms with Crippen LogP contribution in [0.3, 0.4) is 0 Å². The van der Waals surface area contributed by atoms with E-state index in [2.05, 4.69) is 11.8 Å². The lowest BCUT2D eigenvalue weighted by atomic mass is 10.0. The Morgan fingerprint density at radius 1 is 1.19 bits per heavy atom. The zero-order valence-corrected chi connectivity index (χ0v) is 10.5. The van der Waals surface area contributed by atoms with Gasteiger partial charge in [0.25, 0.3) is 0 Å². The van der Waals surface area contributed by atoms with Crippen LogP contribution in [0.25, 0.3) is 0 Å². The minimum Gasteiger partial charge on any atom is -0.353 e. The Morgan fingerprint density at radius 2 is 2.00 bits per heavy atom. The van der Waals surface area contributed by atoms with Gasteiger partial charge in [-0.1, -0.05) is 13.3 Å². The third-order valence-electron chi connectivity index (χ3n) is 3.64. The molecule has 2 fully saturated rings. The van der Waals surface area contributed by atoms with E-state index < -0.39 is 0 Å². The second kappa shape index (κ2) is 6.58. The first kappa shape index (κ1) is 12.3. The molecule has 0 N–H and O–H groups in total. The Hall–Kier alpha value is -0.120. The Labute approximate surface area is 99.1 Å². The molecular formula is C13H25NO2. The van der Waals surface area contributed by atoms with Crippen molar-refractivity contribution in [1.82, 2.24) is 4.90 Å². The average molecular weight is 227 g/mol. The van der Waals surface area contributed by atoms with Crippen molar-refractivity contribution in [3.05, 3.63) is 0 Å². The smallest absolute Gasteiger partial charge is 0.158 e. The summed E-state index contributed by atoms with van der Waals surface area (Å²) in [6.07, 6.45) is 6.27. The predicted molar refractivity (Wildman–Crippen MR) is 64.4 cm³/mol. The molecule has 3 nitrogen and oxygen atoms in total. The first-order valence-corrected chi connectivity index (χ1v) is 6.84. The fraction of sp³-hybridized carbons (Fsp3) is 1.00. The highest BCUT2D eigenvalue weighted by Crippen LogP contribution is 2.21. The molecule has 0 spiro atoms. The number of likely N-dealkylation sites (tertiary alicyclic amines) is 1. The molecule has 2 aliphatic rings. The summed E-state index contributed by atoms with van der Waals surface area (Å²) in [5, 5.41) is 0. The Kier molecular flexibility index (Phi) is 5.07. The van der Waals surface area contributed by atoms with E-state index in [9.17, 15) is 0 Å². The van der Waals surface area contributed by atoms with Crippen LogP contribution in [0, 0.1) is 5.92 Å². The summed E-state index contributed by atoms with van der Waals surface area (Å²) in [7, 11) is 0. The first-order valence-electron chi connectivity index (χ1n) is 6.84. The summed E-state index contributed by atoms with van der Waals surface area (Å²) in [4.78, 5) is 2.57. The van der Waals surface area contributed by atoms with Crippen molar-refractivity contribution in [2.45, 2.75) is 45.3 Å². The number of rotatable bonds is 5. The maximum atomic E-state index is 5.56. The molecule has 0 radical (unpaired) electrons. The summed E-state index contributed by atoms with van der Waals surface area (Å²) >= 11 is 0. The zero-order chi connectivity index (χ0) is 11.2. The third kappa shape index (κ3) is 3.72. The highest BCUT2D eigenvalue weighted by atomic mass is 16.7. The van der Waals surface area contributed by atoms with Crippen molar-refractivity contribution >= 4 is 0 Å². The first-order chi connectivity index (χ1) is 7.88. The van der Waals surface area contributed by atoms with Gasteiger partial charge in [-0.25, -0.2) is 0 Å². The van der Waals surface area contributed by atoms with Crippen molar-refractivity contribution in [3.63, 3.8) is 0 Å². The van der Waals surface area contributed by atoms with Gasteiger partial charge in [-0.05, 0) is 31.7 Å². The van der Waals surface area contributed by atoms with E-state index in [0.717, 1.165) is 38.5 Å². The summed E-state index contributed by atoms with van der Waals surface area (Å²) < 4.78 is 11.1. The molecule has 2 saturated heterocycles. The SMILES string of the molecule is CCCC1CCN(CCC2OCCCO2)C1. The van der Waals surface area contributed by atoms with Gasteiger partial charge in [0.2, 0.25) is 0 Å². The van der Waals surface area contributed by atoms with E-state index >= 15 is 0 Å². The summed E-state index contributed by atoms with van der Waals surface area (Å²) in [5.41, 5.74) is 0. The molecule has 2 heterocycles. The van der Waals surface area contributed by atoms with E-state index in [1.54, 1.807) is 0 Å². The molecule has 0 aromatic heterocycles. The molecular weight excluding hydrogens is 202 g/mol. The van der Waals surface area contributed by atoms with Crippen molar-refractivity contribution in [2.24, 2.45) is 5.92 Å². The minimum absolute atomic E-state index is 0.0685. The van der Waals surface area contributed by atoms with Gasteiger partial charge >= 0.3 is 0 Å². The number of nitrogens with zero attached hydrogens (tertiary/aromatic N) is 1. The highest BCUT2D eigenvalue weighted by Gasteiger charge is 2.23. The maximum Gasteiger partial charge on any atom is 0.158 e. The van der Waals surface area contributed by atoms with Crippen molar-refractivity contribution < 1.29 is 9.47 Å². The van der Waals surface area contributed by atoms with E-state index in [1.165, 1.54) is 32.4 Å². The fourth-order valence-corrected chi connectivity index (χ4v) is 2.75. The molecule has 0 saturated carbocycles. The van der Waals surface area contributed by atoms with Crippen LogP contribution in [0.15, 0.2) is 0 Å². The lowest BCUT2D eigenvalue weighted by molar-refractivity contribution is -0.182. The predicted octanol–water partition coefficient (Wildman–Crippen LogP) is 2.26. The van der Waals surface area contributed by atoms with Crippen LogP contribution in [0.1, 0.15) is 39.0 Å². The number of ether oxygens (including phenoxy) is 2. The second-order valence-electron chi connectivity index (χ2n) is 5.06. The summed E-state index contributed by atoms with van der Waals surface area (Å²) in [6.45, 7) is 7.75. The van der Waals surface area contributed by atoms with E-state index in [0.29, 0.717) is 0 Å². The molecule has 1 atom stereocenters. The van der Waals surface area contributed by atoms with E-state index in [4.69, 9.17) is 9.47 Å². The van der Waals surface area contributed by atoms with Gasteiger partial charge in [-0.15, -0.1) is 0 Å². The third-order valence-corrected chi connectivity index (χ3v) is 3.64. The molecule has 2 aliphatic heterocycles. The lowest BCUT2D eigenvalue weighted by Gasteiger charge is -2.25. The van der Waals surface area contributed by atoms with Crippen LogP contribution >= 0.6 is 0 Å². The monoisotopic (exact) mass is 227 g/mol. The molecule has 0 aromatic carbocycles. The molecule has 0 amide bonds. The van der Waals surface area contributed by atoms with Gasteiger partial charge in [-0.3, -0.25) is 0 Å². The molecule has 0 aliphatic carbocycles. The second-order valence-corrected chi connectivity index (χ2v) is 5.06. The molecule has 0 bridgehead atoms. The van der Waals surface area contributed by atoms with Crippen LogP contribution in [0.2, 0.25) is 0 Å². The molecule has 1 unspecified atom stereocenters. The standard InChI is InChI=1S/C13H25NO2/c1-2-4-12-5-7-14(11-12)8-6-13-15-9-3-10-16-13/h12-13H,2-11H2,1H3. The normalized spacial score (nSPS) is 28.7. The summed E-state index contributed by atoms with van der Waals surface area (Å²) in [6, 6.07) is 0. The van der Waals surface area contributed by atoms with Crippen molar-refractivity contribution in [3.8, 4) is 0 Å². The molecule has 16 heavy (non-hydrogen) atoms. The molecule has 2 rings (SSSR count). The van der Waals surface area contributed by atoms with Gasteiger partial charge in [0.05, 0.1) is 13.2 Å². The molecule has 0 aromatic rings. The zero-order valence-electron chi connectivity index (χ0n) is 10.5. The van der Waals surface area contributed by atoms with Crippen molar-refractivity contribution in [1.29, 1.82) is 0 Å². The Balaban J connectivity index is 1.59. The van der Waals surface area contributed by atoms with E-state index in [-0.39, 0.29) is 6.29 Å². The van der Waals surface area contributed by atoms with Gasteiger partial charge in [0.1, 0.15) is 0 Å². The van der Waals surface area contributed by atoms with Crippen molar-refractivity contribution in [2.75, 3.05) is 32.8 Å². The van der Waals surface area contributed by atoms with Crippen LogP contribution < -0.4 is 0 Å². The van der Waals surface area contributed by atoms with Crippen LogP contribution in [-0.4, -0.2) is 44.0 Å². The minimum atomic E-state index is 0.0685. The molecule has 3 heteroatoms. The van der Waals surface area contributed by atoms with Gasteiger partial charge in [-0.2, -0.15) is 0 Å². The van der Waals surface area contributed by atoms with Crippen LogP contribution in [0.5, 0.6) is 0 Å². The van der Waals surface area contributed by atoms with Gasteiger partial charge in [0.15, 0.2) is 6.29 Å². The van der Waals surface area contributed by atoms with Gasteiger partial charge < -0.3 is 14.4 Å². The largest absolute Gasteiger partial charge is 0.353 e. The Morgan fingerprint density at radius 3 is 2.75 bits per heavy atom. The Bertz CT molecular complexity index is 192. The van der Waals surface area contributed by atoms with E-state index in [1.807, 2.05) is 0 Å². The lowest BCUT2D eigenvalue weighted by Crippen LogP contribution is -2.30. The quantitative estimate of drug-likeness (QED) is 0.719. The van der Waals surface area contributed by atoms with Crippen LogP contribution in [-0.2, 0) is 9.47 Å². The van der Waals surface area contributed by atoms with Crippen LogP contribution in [0.4, 0.5) is 0 Å².